The number of nitrogens with two attached hydrogens (primary N) is 1. The molecule has 0 fully saturated rings. The Kier molecular flexibility index (Phi) is 3.68. The molecular formula is C6H14N2O2S. The van der Waals surface area contributed by atoms with Gasteiger partial charge in [0.1, 0.15) is 0 Å². The summed E-state index contributed by atoms with van der Waals surface area (Å²) in [6.45, 7) is 1.78. The van der Waals surface area contributed by atoms with Crippen molar-refractivity contribution in [3.63, 3.8) is 0 Å². The van der Waals surface area contributed by atoms with Crippen LogP contribution in [0.5, 0.6) is 0 Å². The van der Waals surface area contributed by atoms with Gasteiger partial charge in [-0.3, -0.25) is 4.79 Å². The lowest BCUT2D eigenvalue weighted by Crippen LogP contribution is -2.28. The van der Waals surface area contributed by atoms with Gasteiger partial charge in [-0.05, 0) is 6.42 Å². The van der Waals surface area contributed by atoms with E-state index in [2.05, 4.69) is 4.36 Å². The number of carbonyl (C=O) groups is 1. The molecular weight excluding hydrogens is 164 g/mol. The number of hydrogen-bond acceptors (Lipinski definition) is 3. The summed E-state index contributed by atoms with van der Waals surface area (Å²) in [6, 6.07) is -0.601. The van der Waals surface area contributed by atoms with Crippen LogP contribution in [0.25, 0.3) is 0 Å². The van der Waals surface area contributed by atoms with Crippen molar-refractivity contribution >= 4 is 15.6 Å². The minimum Gasteiger partial charge on any atom is -0.320 e. The minimum atomic E-state index is -2.33. The van der Waals surface area contributed by atoms with Crippen LogP contribution in [0.2, 0.25) is 0 Å². The van der Waals surface area contributed by atoms with Crippen LogP contribution in [0.1, 0.15) is 13.3 Å². The first kappa shape index (κ1) is 10.6. The lowest BCUT2D eigenvalue weighted by Gasteiger charge is -2.02. The highest BCUT2D eigenvalue weighted by atomic mass is 32.2. The second kappa shape index (κ2) is 3.82. The van der Waals surface area contributed by atoms with Gasteiger partial charge < -0.3 is 5.73 Å². The summed E-state index contributed by atoms with van der Waals surface area (Å²) in [5.41, 5.74) is 5.35. The molecule has 0 aliphatic heterocycles. The summed E-state index contributed by atoms with van der Waals surface area (Å²) in [7, 11) is -2.33. The van der Waals surface area contributed by atoms with Crippen LogP contribution >= 0.6 is 0 Å². The molecule has 11 heavy (non-hydrogen) atoms. The standard InChI is InChI=1S/C6H14N2O2S/c1-4-5(7)6(9)8-11(2,3)10/h5H,4,7H2,1-3H3. The van der Waals surface area contributed by atoms with Crippen molar-refractivity contribution in [3.8, 4) is 0 Å². The molecule has 0 aromatic heterocycles. The predicted octanol–water partition coefficient (Wildman–Crippen LogP) is -0.0221. The van der Waals surface area contributed by atoms with Crippen molar-refractivity contribution in [2.75, 3.05) is 12.5 Å². The minimum absolute atomic E-state index is 0.470. The maximum absolute atomic E-state index is 11.0. The monoisotopic (exact) mass is 178 g/mol. The number of hydrogen-bond donors (Lipinski definition) is 1. The number of rotatable bonds is 2. The second-order valence-electron chi connectivity index (χ2n) is 2.63. The van der Waals surface area contributed by atoms with Gasteiger partial charge in [0, 0.05) is 22.2 Å². The Hall–Kier alpha value is -0.420. The van der Waals surface area contributed by atoms with Gasteiger partial charge >= 0.3 is 0 Å². The van der Waals surface area contributed by atoms with Gasteiger partial charge in [-0.2, -0.15) is 4.36 Å². The van der Waals surface area contributed by atoms with Crippen molar-refractivity contribution in [1.82, 2.24) is 0 Å². The summed E-state index contributed by atoms with van der Waals surface area (Å²) in [5, 5.41) is 0. The molecule has 0 rings (SSSR count). The molecule has 0 radical (unpaired) electrons. The van der Waals surface area contributed by atoms with E-state index in [0.29, 0.717) is 6.42 Å². The Labute approximate surface area is 67.3 Å². The molecule has 0 aromatic rings. The topological polar surface area (TPSA) is 72.5 Å². The van der Waals surface area contributed by atoms with Crippen LogP contribution < -0.4 is 5.73 Å². The maximum atomic E-state index is 11.0. The molecule has 1 amide bonds. The maximum Gasteiger partial charge on any atom is 0.270 e. The Morgan fingerprint density at radius 2 is 2.09 bits per heavy atom. The normalized spacial score (nSPS) is 14.2. The van der Waals surface area contributed by atoms with Crippen LogP contribution in [0.4, 0.5) is 0 Å². The van der Waals surface area contributed by atoms with Crippen LogP contribution in [0.15, 0.2) is 4.36 Å². The highest BCUT2D eigenvalue weighted by molar-refractivity contribution is 7.92. The van der Waals surface area contributed by atoms with Gasteiger partial charge in [-0.15, -0.1) is 0 Å². The van der Waals surface area contributed by atoms with Gasteiger partial charge in [-0.1, -0.05) is 6.92 Å². The summed E-state index contributed by atoms with van der Waals surface area (Å²) in [5.74, 6) is -0.470. The Bertz CT molecular complexity index is 245. The summed E-state index contributed by atoms with van der Waals surface area (Å²) >= 11 is 0. The van der Waals surface area contributed by atoms with Crippen LogP contribution in [-0.4, -0.2) is 28.7 Å². The van der Waals surface area contributed by atoms with E-state index in [4.69, 9.17) is 5.73 Å². The molecule has 0 aliphatic rings. The average Bonchev–Trinajstić information content (AvgIpc) is 1.82. The highest BCUT2D eigenvalue weighted by Crippen LogP contribution is 1.93. The Morgan fingerprint density at radius 1 is 1.64 bits per heavy atom. The first-order valence-electron chi connectivity index (χ1n) is 3.33. The molecule has 0 bridgehead atoms. The van der Waals surface area contributed by atoms with Gasteiger partial charge in [0.05, 0.1) is 6.04 Å². The summed E-state index contributed by atoms with van der Waals surface area (Å²) in [6.07, 6.45) is 3.35. The van der Waals surface area contributed by atoms with E-state index in [9.17, 15) is 9.00 Å². The van der Waals surface area contributed by atoms with Gasteiger partial charge in [0.15, 0.2) is 0 Å². The molecule has 1 atom stereocenters. The summed E-state index contributed by atoms with van der Waals surface area (Å²) in [4.78, 5) is 10.9. The van der Waals surface area contributed by atoms with Gasteiger partial charge in [-0.25, -0.2) is 4.21 Å². The molecule has 0 aliphatic carbocycles. The SMILES string of the molecule is CCC(N)C(=O)N=S(C)(C)=O. The second-order valence-corrected chi connectivity index (χ2v) is 5.17. The molecule has 1 unspecified atom stereocenters. The quantitative estimate of drug-likeness (QED) is 0.645. The third-order valence-electron chi connectivity index (χ3n) is 1.07. The number of nitrogens with zero attached hydrogens (tertiary/aromatic N) is 1. The van der Waals surface area contributed by atoms with Crippen molar-refractivity contribution in [1.29, 1.82) is 0 Å². The van der Waals surface area contributed by atoms with Crippen molar-refractivity contribution in [2.24, 2.45) is 10.1 Å². The van der Waals surface area contributed by atoms with Crippen LogP contribution in [0, 0.1) is 0 Å². The number of carbonyl (C=O) groups excluding carboxylic acids is 1. The molecule has 5 heteroatoms. The summed E-state index contributed by atoms with van der Waals surface area (Å²) < 4.78 is 14.4. The van der Waals surface area contributed by atoms with E-state index >= 15 is 0 Å². The largest absolute Gasteiger partial charge is 0.320 e. The zero-order valence-electron chi connectivity index (χ0n) is 7.03. The van der Waals surface area contributed by atoms with E-state index in [1.54, 1.807) is 6.92 Å². The van der Waals surface area contributed by atoms with Gasteiger partial charge in [0.25, 0.3) is 5.91 Å². The average molecular weight is 178 g/mol. The molecule has 0 aromatic carbocycles. The zero-order valence-corrected chi connectivity index (χ0v) is 7.85. The first-order valence-corrected chi connectivity index (χ1v) is 5.66. The van der Waals surface area contributed by atoms with Crippen molar-refractivity contribution in [2.45, 2.75) is 19.4 Å². The van der Waals surface area contributed by atoms with Crippen molar-refractivity contribution in [3.05, 3.63) is 0 Å². The van der Waals surface area contributed by atoms with E-state index in [1.807, 2.05) is 0 Å². The molecule has 0 spiro atoms. The zero-order chi connectivity index (χ0) is 9.07. The third kappa shape index (κ3) is 4.92. The smallest absolute Gasteiger partial charge is 0.270 e. The Balaban J connectivity index is 4.44. The van der Waals surface area contributed by atoms with Gasteiger partial charge in [0.2, 0.25) is 0 Å². The lowest BCUT2D eigenvalue weighted by molar-refractivity contribution is -0.118. The fourth-order valence-electron chi connectivity index (χ4n) is 0.459. The van der Waals surface area contributed by atoms with Crippen molar-refractivity contribution < 1.29 is 9.00 Å². The van der Waals surface area contributed by atoms with Crippen LogP contribution in [0.3, 0.4) is 0 Å². The molecule has 2 N–H and O–H groups in total. The Morgan fingerprint density at radius 3 is 2.36 bits per heavy atom. The highest BCUT2D eigenvalue weighted by Gasteiger charge is 2.10. The molecule has 4 nitrogen and oxygen atoms in total. The fourth-order valence-corrected chi connectivity index (χ4v) is 1.03. The van der Waals surface area contributed by atoms with Crippen LogP contribution in [-0.2, 0) is 14.5 Å². The molecule has 66 valence electrons. The first-order chi connectivity index (χ1) is 4.87. The molecule has 0 heterocycles. The predicted molar refractivity (Wildman–Crippen MR) is 45.7 cm³/mol. The number of amides is 1. The van der Waals surface area contributed by atoms with E-state index < -0.39 is 21.7 Å². The third-order valence-corrected chi connectivity index (χ3v) is 1.69. The lowest BCUT2D eigenvalue weighted by atomic mass is 10.2. The fraction of sp³-hybridized carbons (Fsp3) is 0.833. The molecule has 0 saturated heterocycles. The van der Waals surface area contributed by atoms with E-state index in [0.717, 1.165) is 0 Å². The van der Waals surface area contributed by atoms with E-state index in [-0.39, 0.29) is 0 Å². The molecule has 0 saturated carbocycles. The van der Waals surface area contributed by atoms with E-state index in [1.165, 1.54) is 12.5 Å².